The van der Waals surface area contributed by atoms with Gasteiger partial charge in [0.05, 0.1) is 11.6 Å². The van der Waals surface area contributed by atoms with Crippen molar-refractivity contribution < 1.29 is 24.2 Å². The molecule has 1 aromatic carbocycles. The van der Waals surface area contributed by atoms with Crippen molar-refractivity contribution in [3.8, 4) is 6.07 Å². The van der Waals surface area contributed by atoms with E-state index < -0.39 is 30.5 Å². The van der Waals surface area contributed by atoms with Gasteiger partial charge in [-0.15, -0.1) is 0 Å². The predicted octanol–water partition coefficient (Wildman–Crippen LogP) is 0.711. The number of carbonyl (C=O) groups excluding carboxylic acids is 2. The largest absolute Gasteiger partial charge is 0.481 e. The minimum absolute atomic E-state index is 0.326. The average molecular weight is 276 g/mol. The molecule has 0 saturated heterocycles. The van der Waals surface area contributed by atoms with Gasteiger partial charge in [0.2, 0.25) is 12.1 Å². The van der Waals surface area contributed by atoms with Gasteiger partial charge >= 0.3 is 11.9 Å². The van der Waals surface area contributed by atoms with Crippen molar-refractivity contribution in [1.82, 2.24) is 5.32 Å². The molecular weight excluding hydrogens is 264 g/mol. The van der Waals surface area contributed by atoms with E-state index in [1.165, 1.54) is 13.0 Å². The Bertz CT molecular complexity index is 576. The number of hydrogen-bond donors (Lipinski definition) is 2. The van der Waals surface area contributed by atoms with Crippen LogP contribution in [0.3, 0.4) is 0 Å². The first kappa shape index (κ1) is 15.2. The van der Waals surface area contributed by atoms with Crippen LogP contribution in [0.5, 0.6) is 0 Å². The third-order valence-corrected chi connectivity index (χ3v) is 2.20. The van der Waals surface area contributed by atoms with Crippen LogP contribution < -0.4 is 5.32 Å². The molecule has 0 aliphatic carbocycles. The number of benzene rings is 1. The standard InChI is InChI=1S/C13H12N2O5/c1-8(16)15-13(20-12(19)6-11(17)18)10-4-2-3-9(5-10)7-14/h2-5,13H,6H2,1H3,(H,15,16)(H,17,18). The molecule has 0 bridgehead atoms. The molecule has 7 heteroatoms. The van der Waals surface area contributed by atoms with E-state index in [1.807, 2.05) is 6.07 Å². The number of carbonyl (C=O) groups is 3. The summed E-state index contributed by atoms with van der Waals surface area (Å²) in [5, 5.41) is 19.7. The van der Waals surface area contributed by atoms with Crippen LogP contribution in [0.4, 0.5) is 0 Å². The Morgan fingerprint density at radius 3 is 2.70 bits per heavy atom. The van der Waals surface area contributed by atoms with Crippen molar-refractivity contribution in [2.75, 3.05) is 0 Å². The van der Waals surface area contributed by atoms with E-state index in [0.29, 0.717) is 11.1 Å². The number of carboxylic acid groups (broad SMARTS) is 1. The Kier molecular flexibility index (Phi) is 5.23. The summed E-state index contributed by atoms with van der Waals surface area (Å²) in [7, 11) is 0. The molecule has 0 aromatic heterocycles. The van der Waals surface area contributed by atoms with E-state index in [1.54, 1.807) is 18.2 Å². The zero-order chi connectivity index (χ0) is 15.1. The van der Waals surface area contributed by atoms with Crippen molar-refractivity contribution in [2.45, 2.75) is 19.6 Å². The minimum atomic E-state index is -1.33. The molecule has 0 spiro atoms. The van der Waals surface area contributed by atoms with Gasteiger partial charge in [0, 0.05) is 12.5 Å². The van der Waals surface area contributed by atoms with E-state index in [2.05, 4.69) is 5.32 Å². The van der Waals surface area contributed by atoms with Crippen LogP contribution in [0.25, 0.3) is 0 Å². The maximum Gasteiger partial charge on any atom is 0.319 e. The number of esters is 1. The lowest BCUT2D eigenvalue weighted by atomic mass is 10.1. The molecule has 1 rings (SSSR count). The van der Waals surface area contributed by atoms with Gasteiger partial charge in [-0.3, -0.25) is 14.4 Å². The van der Waals surface area contributed by atoms with Gasteiger partial charge in [0.15, 0.2) is 0 Å². The maximum atomic E-state index is 11.4. The van der Waals surface area contributed by atoms with Gasteiger partial charge in [-0.25, -0.2) is 0 Å². The molecule has 1 atom stereocenters. The van der Waals surface area contributed by atoms with Gasteiger partial charge in [0.1, 0.15) is 6.42 Å². The van der Waals surface area contributed by atoms with E-state index in [0.717, 1.165) is 0 Å². The number of amides is 1. The Balaban J connectivity index is 2.93. The molecule has 20 heavy (non-hydrogen) atoms. The van der Waals surface area contributed by atoms with Crippen molar-refractivity contribution in [3.05, 3.63) is 35.4 Å². The highest BCUT2D eigenvalue weighted by Crippen LogP contribution is 2.16. The summed E-state index contributed by atoms with van der Waals surface area (Å²) in [4.78, 5) is 32.9. The Labute approximate surface area is 114 Å². The summed E-state index contributed by atoms with van der Waals surface area (Å²) < 4.78 is 4.90. The fraction of sp³-hybridized carbons (Fsp3) is 0.231. The molecule has 1 amide bonds. The van der Waals surface area contributed by atoms with Gasteiger partial charge in [0.25, 0.3) is 0 Å². The molecule has 2 N–H and O–H groups in total. The zero-order valence-electron chi connectivity index (χ0n) is 10.6. The first-order valence-electron chi connectivity index (χ1n) is 5.61. The smallest absolute Gasteiger partial charge is 0.319 e. The number of rotatable bonds is 5. The average Bonchev–Trinajstić information content (AvgIpc) is 2.36. The Morgan fingerprint density at radius 2 is 2.15 bits per heavy atom. The van der Waals surface area contributed by atoms with E-state index >= 15 is 0 Å². The molecule has 0 aliphatic rings. The summed E-state index contributed by atoms with van der Waals surface area (Å²) in [6, 6.07) is 8.02. The lowest BCUT2D eigenvalue weighted by Gasteiger charge is -2.18. The summed E-state index contributed by atoms with van der Waals surface area (Å²) in [6.07, 6.45) is -1.94. The molecular formula is C13H12N2O5. The number of hydrogen-bond acceptors (Lipinski definition) is 5. The van der Waals surface area contributed by atoms with Gasteiger partial charge in [-0.05, 0) is 12.1 Å². The molecule has 1 unspecified atom stereocenters. The van der Waals surface area contributed by atoms with Crippen LogP contribution in [-0.2, 0) is 19.1 Å². The monoisotopic (exact) mass is 276 g/mol. The highest BCUT2D eigenvalue weighted by Gasteiger charge is 2.19. The van der Waals surface area contributed by atoms with Gasteiger partial charge in [-0.2, -0.15) is 5.26 Å². The van der Waals surface area contributed by atoms with Crippen molar-refractivity contribution in [1.29, 1.82) is 5.26 Å². The van der Waals surface area contributed by atoms with Crippen LogP contribution >= 0.6 is 0 Å². The van der Waals surface area contributed by atoms with E-state index in [9.17, 15) is 14.4 Å². The van der Waals surface area contributed by atoms with Crippen LogP contribution in [0.15, 0.2) is 24.3 Å². The summed E-state index contributed by atoms with van der Waals surface area (Å²) >= 11 is 0. The second-order valence-electron chi connectivity index (χ2n) is 3.88. The topological polar surface area (TPSA) is 116 Å². The minimum Gasteiger partial charge on any atom is -0.481 e. The fourth-order valence-electron chi connectivity index (χ4n) is 1.43. The number of nitriles is 1. The first-order valence-corrected chi connectivity index (χ1v) is 5.61. The zero-order valence-corrected chi connectivity index (χ0v) is 10.6. The highest BCUT2D eigenvalue weighted by molar-refractivity contribution is 5.90. The third-order valence-electron chi connectivity index (χ3n) is 2.20. The van der Waals surface area contributed by atoms with Crippen molar-refractivity contribution >= 4 is 17.8 Å². The second-order valence-corrected chi connectivity index (χ2v) is 3.88. The lowest BCUT2D eigenvalue weighted by Crippen LogP contribution is -2.30. The number of aliphatic carboxylic acids is 1. The molecule has 7 nitrogen and oxygen atoms in total. The van der Waals surface area contributed by atoms with Crippen LogP contribution in [0.1, 0.15) is 30.7 Å². The summed E-state index contributed by atoms with van der Waals surface area (Å²) in [6.45, 7) is 1.23. The molecule has 1 aromatic rings. The SMILES string of the molecule is CC(=O)NC(OC(=O)CC(=O)O)c1cccc(C#N)c1. The first-order chi connectivity index (χ1) is 9.42. The van der Waals surface area contributed by atoms with Gasteiger partial charge in [-0.1, -0.05) is 12.1 Å². The lowest BCUT2D eigenvalue weighted by molar-refractivity contribution is -0.157. The van der Waals surface area contributed by atoms with Crippen LogP contribution in [0, 0.1) is 11.3 Å². The number of ether oxygens (including phenoxy) is 1. The van der Waals surface area contributed by atoms with E-state index in [-0.39, 0.29) is 0 Å². The van der Waals surface area contributed by atoms with Crippen molar-refractivity contribution in [2.24, 2.45) is 0 Å². The quantitative estimate of drug-likeness (QED) is 0.464. The van der Waals surface area contributed by atoms with Crippen LogP contribution in [-0.4, -0.2) is 23.0 Å². The Morgan fingerprint density at radius 1 is 1.45 bits per heavy atom. The molecule has 0 fully saturated rings. The van der Waals surface area contributed by atoms with Gasteiger partial charge < -0.3 is 15.2 Å². The maximum absolute atomic E-state index is 11.4. The number of carboxylic acids is 1. The summed E-state index contributed by atoms with van der Waals surface area (Å²) in [5.74, 6) is -2.78. The van der Waals surface area contributed by atoms with Crippen molar-refractivity contribution in [3.63, 3.8) is 0 Å². The summed E-state index contributed by atoms with van der Waals surface area (Å²) in [5.41, 5.74) is 0.699. The second kappa shape index (κ2) is 6.89. The Hall–Kier alpha value is -2.88. The number of nitrogens with one attached hydrogen (secondary N) is 1. The van der Waals surface area contributed by atoms with Crippen LogP contribution in [0.2, 0.25) is 0 Å². The highest BCUT2D eigenvalue weighted by atomic mass is 16.6. The predicted molar refractivity (Wildman–Crippen MR) is 66.1 cm³/mol. The third kappa shape index (κ3) is 4.78. The molecule has 104 valence electrons. The number of nitrogens with zero attached hydrogens (tertiary/aromatic N) is 1. The molecule has 0 saturated carbocycles. The molecule has 0 aliphatic heterocycles. The fourth-order valence-corrected chi connectivity index (χ4v) is 1.43. The van der Waals surface area contributed by atoms with E-state index in [4.69, 9.17) is 15.1 Å². The molecule has 0 heterocycles. The molecule has 0 radical (unpaired) electrons. The normalized spacial score (nSPS) is 11.0.